The van der Waals surface area contributed by atoms with Crippen LogP contribution in [0, 0.1) is 6.92 Å². The Hall–Kier alpha value is -3.78. The Bertz CT molecular complexity index is 1320. The van der Waals surface area contributed by atoms with Gasteiger partial charge in [-0.25, -0.2) is 0 Å². The van der Waals surface area contributed by atoms with E-state index in [4.69, 9.17) is 9.47 Å². The van der Waals surface area contributed by atoms with Crippen LogP contribution < -0.4 is 14.8 Å². The van der Waals surface area contributed by atoms with E-state index in [2.05, 4.69) is 34.2 Å². The number of thioether (sulfide) groups is 1. The highest BCUT2D eigenvalue weighted by Gasteiger charge is 2.15. The van der Waals surface area contributed by atoms with Crippen LogP contribution in [-0.2, 0) is 17.9 Å². The van der Waals surface area contributed by atoms with Crippen molar-refractivity contribution < 1.29 is 14.3 Å². The largest absolute Gasteiger partial charge is 0.495 e. The van der Waals surface area contributed by atoms with Gasteiger partial charge in [-0.3, -0.25) is 9.36 Å². The number of aromatic nitrogens is 3. The fraction of sp³-hybridized carbons (Fsp3) is 0.192. The molecule has 0 atom stereocenters. The number of nitrogens with one attached hydrogen (secondary N) is 1. The molecular weight excluding hydrogens is 448 g/mol. The molecule has 0 unspecified atom stereocenters. The molecule has 1 heterocycles. The number of aryl methyl sites for hydroxylation is 1. The van der Waals surface area contributed by atoms with E-state index in [0.29, 0.717) is 29.0 Å². The normalized spacial score (nSPS) is 10.8. The molecule has 0 aliphatic heterocycles. The van der Waals surface area contributed by atoms with Crippen LogP contribution in [0.4, 0.5) is 5.69 Å². The minimum atomic E-state index is -0.160. The minimum absolute atomic E-state index is 0.160. The van der Waals surface area contributed by atoms with Gasteiger partial charge in [0, 0.05) is 6.54 Å². The first-order valence-electron chi connectivity index (χ1n) is 10.8. The van der Waals surface area contributed by atoms with E-state index in [1.54, 1.807) is 25.3 Å². The molecule has 3 aromatic carbocycles. The second-order valence-electron chi connectivity index (χ2n) is 7.53. The zero-order valence-electron chi connectivity index (χ0n) is 19.2. The number of fused-ring (bicyclic) bond motifs is 1. The molecule has 174 valence electrons. The van der Waals surface area contributed by atoms with Crippen LogP contribution >= 0.6 is 11.8 Å². The van der Waals surface area contributed by atoms with Crippen molar-refractivity contribution in [3.63, 3.8) is 0 Å². The summed E-state index contributed by atoms with van der Waals surface area (Å²) in [5.41, 5.74) is 1.71. The summed E-state index contributed by atoms with van der Waals surface area (Å²) in [6.07, 6.45) is 1.77. The number of hydrogen-bond donors (Lipinski definition) is 1. The minimum Gasteiger partial charge on any atom is -0.495 e. The standard InChI is InChI=1S/C26H26N4O3S/c1-4-15-30-24(16-33-22-14-13-19-9-5-6-10-20(19)18(22)2)28-29-26(30)34-17-25(31)27-21-11-7-8-12-23(21)32-3/h4-14H,1,15-17H2,2-3H3,(H,27,31). The molecule has 34 heavy (non-hydrogen) atoms. The molecule has 0 spiro atoms. The third-order valence-electron chi connectivity index (χ3n) is 5.32. The molecule has 0 radical (unpaired) electrons. The van der Waals surface area contributed by atoms with Crippen LogP contribution in [0.1, 0.15) is 11.4 Å². The van der Waals surface area contributed by atoms with E-state index in [-0.39, 0.29) is 18.3 Å². The average molecular weight is 475 g/mol. The van der Waals surface area contributed by atoms with Crippen LogP contribution in [0.2, 0.25) is 0 Å². The van der Waals surface area contributed by atoms with Crippen LogP contribution in [0.5, 0.6) is 11.5 Å². The van der Waals surface area contributed by atoms with E-state index >= 15 is 0 Å². The number of para-hydroxylation sites is 2. The maximum atomic E-state index is 12.5. The zero-order valence-corrected chi connectivity index (χ0v) is 20.0. The molecule has 1 N–H and O–H groups in total. The lowest BCUT2D eigenvalue weighted by Crippen LogP contribution is -2.15. The molecule has 1 amide bonds. The third-order valence-corrected chi connectivity index (χ3v) is 6.29. The Labute approximate surface area is 202 Å². The van der Waals surface area contributed by atoms with E-state index in [9.17, 15) is 4.79 Å². The van der Waals surface area contributed by atoms with E-state index in [1.165, 1.54) is 17.1 Å². The predicted octanol–water partition coefficient (Wildman–Crippen LogP) is 5.24. The fourth-order valence-electron chi connectivity index (χ4n) is 3.62. The van der Waals surface area contributed by atoms with Crippen molar-refractivity contribution in [1.29, 1.82) is 0 Å². The second kappa shape index (κ2) is 10.9. The SMILES string of the molecule is C=CCn1c(COc2ccc3ccccc3c2C)nnc1SCC(=O)Nc1ccccc1OC. The van der Waals surface area contributed by atoms with Gasteiger partial charge in [0.2, 0.25) is 5.91 Å². The van der Waals surface area contributed by atoms with Crippen molar-refractivity contribution >= 4 is 34.1 Å². The van der Waals surface area contributed by atoms with E-state index in [0.717, 1.165) is 16.7 Å². The molecule has 1 aromatic heterocycles. The van der Waals surface area contributed by atoms with Gasteiger partial charge in [-0.15, -0.1) is 16.8 Å². The first-order valence-corrected chi connectivity index (χ1v) is 11.8. The number of anilines is 1. The molecule has 0 bridgehead atoms. The number of ether oxygens (including phenoxy) is 2. The van der Waals surface area contributed by atoms with Gasteiger partial charge in [0.15, 0.2) is 11.0 Å². The number of hydrogen-bond acceptors (Lipinski definition) is 6. The number of amides is 1. The zero-order chi connectivity index (χ0) is 23.9. The lowest BCUT2D eigenvalue weighted by molar-refractivity contribution is -0.113. The van der Waals surface area contributed by atoms with Crippen molar-refractivity contribution in [2.45, 2.75) is 25.2 Å². The highest BCUT2D eigenvalue weighted by molar-refractivity contribution is 7.99. The van der Waals surface area contributed by atoms with Crippen molar-refractivity contribution in [3.05, 3.63) is 84.7 Å². The molecule has 0 saturated heterocycles. The van der Waals surface area contributed by atoms with Crippen LogP contribution in [0.15, 0.2) is 78.5 Å². The Kier molecular flexibility index (Phi) is 7.49. The van der Waals surface area contributed by atoms with Gasteiger partial charge in [0.25, 0.3) is 0 Å². The second-order valence-corrected chi connectivity index (χ2v) is 8.48. The molecule has 4 rings (SSSR count). The van der Waals surface area contributed by atoms with Gasteiger partial charge < -0.3 is 14.8 Å². The Morgan fingerprint density at radius 1 is 1.09 bits per heavy atom. The summed E-state index contributed by atoms with van der Waals surface area (Å²) in [6.45, 7) is 6.65. The fourth-order valence-corrected chi connectivity index (χ4v) is 4.38. The highest BCUT2D eigenvalue weighted by Crippen LogP contribution is 2.28. The maximum absolute atomic E-state index is 12.5. The topological polar surface area (TPSA) is 78.3 Å². The summed E-state index contributed by atoms with van der Waals surface area (Å²) in [4.78, 5) is 12.5. The van der Waals surface area contributed by atoms with Gasteiger partial charge in [-0.05, 0) is 41.5 Å². The third kappa shape index (κ3) is 5.23. The first kappa shape index (κ1) is 23.4. The van der Waals surface area contributed by atoms with Gasteiger partial charge >= 0.3 is 0 Å². The molecule has 0 saturated carbocycles. The Morgan fingerprint density at radius 3 is 2.71 bits per heavy atom. The number of rotatable bonds is 10. The van der Waals surface area contributed by atoms with Gasteiger partial charge in [-0.2, -0.15) is 0 Å². The summed E-state index contributed by atoms with van der Waals surface area (Å²) in [5.74, 6) is 2.10. The van der Waals surface area contributed by atoms with Gasteiger partial charge in [0.05, 0.1) is 18.6 Å². The van der Waals surface area contributed by atoms with Crippen LogP contribution in [0.25, 0.3) is 10.8 Å². The van der Waals surface area contributed by atoms with Crippen molar-refractivity contribution in [3.8, 4) is 11.5 Å². The van der Waals surface area contributed by atoms with Crippen molar-refractivity contribution in [1.82, 2.24) is 14.8 Å². The van der Waals surface area contributed by atoms with E-state index < -0.39 is 0 Å². The summed E-state index contributed by atoms with van der Waals surface area (Å²) in [6, 6.07) is 19.5. The summed E-state index contributed by atoms with van der Waals surface area (Å²) in [7, 11) is 1.57. The lowest BCUT2D eigenvalue weighted by atomic mass is 10.0. The number of carbonyl (C=O) groups is 1. The molecule has 0 fully saturated rings. The first-order chi connectivity index (χ1) is 16.6. The van der Waals surface area contributed by atoms with Gasteiger partial charge in [0.1, 0.15) is 18.1 Å². The number of methoxy groups -OCH3 is 1. The number of benzene rings is 3. The maximum Gasteiger partial charge on any atom is 0.234 e. The average Bonchev–Trinajstić information content (AvgIpc) is 3.24. The molecule has 0 aliphatic rings. The van der Waals surface area contributed by atoms with Crippen molar-refractivity contribution in [2.24, 2.45) is 0 Å². The number of carbonyl (C=O) groups excluding carboxylic acids is 1. The Morgan fingerprint density at radius 2 is 1.88 bits per heavy atom. The monoisotopic (exact) mass is 474 g/mol. The highest BCUT2D eigenvalue weighted by atomic mass is 32.2. The quantitative estimate of drug-likeness (QED) is 0.250. The summed E-state index contributed by atoms with van der Waals surface area (Å²) >= 11 is 1.31. The number of nitrogens with zero attached hydrogens (tertiary/aromatic N) is 3. The molecule has 8 heteroatoms. The predicted molar refractivity (Wildman–Crippen MR) is 136 cm³/mol. The Balaban J connectivity index is 1.43. The smallest absolute Gasteiger partial charge is 0.234 e. The van der Waals surface area contributed by atoms with E-state index in [1.807, 2.05) is 47.9 Å². The summed E-state index contributed by atoms with van der Waals surface area (Å²) < 4.78 is 13.3. The molecule has 0 aliphatic carbocycles. The van der Waals surface area contributed by atoms with Crippen LogP contribution in [-0.4, -0.2) is 33.5 Å². The number of allylic oxidation sites excluding steroid dienone is 1. The molecule has 7 nitrogen and oxygen atoms in total. The van der Waals surface area contributed by atoms with Gasteiger partial charge in [-0.1, -0.05) is 60.3 Å². The summed E-state index contributed by atoms with van der Waals surface area (Å²) in [5, 5.41) is 14.4. The molecular formula is C26H26N4O3S. The molecule has 4 aromatic rings. The van der Waals surface area contributed by atoms with Crippen LogP contribution in [0.3, 0.4) is 0 Å². The van der Waals surface area contributed by atoms with Crippen molar-refractivity contribution in [2.75, 3.05) is 18.2 Å². The lowest BCUT2D eigenvalue weighted by Gasteiger charge is -2.12.